The number of carboxylic acid groups (broad SMARTS) is 1. The van der Waals surface area contributed by atoms with E-state index in [4.69, 9.17) is 14.2 Å². The Bertz CT molecular complexity index is 932. The number of hydrogen-bond acceptors (Lipinski definition) is 6. The van der Waals surface area contributed by atoms with E-state index in [2.05, 4.69) is 56.4 Å². The van der Waals surface area contributed by atoms with Gasteiger partial charge >= 0.3 is 17.9 Å². The maximum absolute atomic E-state index is 12.5. The Morgan fingerprint density at radius 3 is 1.77 bits per heavy atom. The standard InChI is InChI=1S/C40H69NO7/c1-6-8-10-12-14-15-16-17-18-19-20-21-22-23-25-26-28-30-38(42)47-35-36(34-46-33-32-37(40(44)45)41(3,4)5)48-39(43)31-29-27-24-13-11-9-7-2/h17-18,20-21,23-25,27,36-37H,6-16,19,22,26,28-35H2,1-5H3/p+1/b18-17+,21-20+,25-23+,27-24+. The van der Waals surface area contributed by atoms with Gasteiger partial charge in [-0.3, -0.25) is 9.59 Å². The highest BCUT2D eigenvalue weighted by molar-refractivity contribution is 5.72. The summed E-state index contributed by atoms with van der Waals surface area (Å²) in [5.74, 6) is -1.61. The topological polar surface area (TPSA) is 99.1 Å². The maximum Gasteiger partial charge on any atom is 0.362 e. The summed E-state index contributed by atoms with van der Waals surface area (Å²) in [6.45, 7) is 4.54. The number of esters is 2. The minimum absolute atomic E-state index is 0.0283. The van der Waals surface area contributed by atoms with Crippen LogP contribution in [0.2, 0.25) is 0 Å². The van der Waals surface area contributed by atoms with Crippen LogP contribution in [0.1, 0.15) is 136 Å². The van der Waals surface area contributed by atoms with Crippen LogP contribution in [0.25, 0.3) is 0 Å². The van der Waals surface area contributed by atoms with E-state index in [1.807, 2.05) is 27.2 Å². The van der Waals surface area contributed by atoms with Crippen LogP contribution in [0.4, 0.5) is 0 Å². The van der Waals surface area contributed by atoms with E-state index in [0.717, 1.165) is 32.1 Å². The van der Waals surface area contributed by atoms with E-state index in [0.29, 0.717) is 19.3 Å². The van der Waals surface area contributed by atoms with Crippen molar-refractivity contribution in [3.63, 3.8) is 0 Å². The SMILES string of the molecule is CCCCC/C=C/CCC(=O)OC(COCCC(C(=O)O)[N+](C)(C)C)COC(=O)CCC/C=C/C/C=C/C/C=C/CCCCCCCC. The lowest BCUT2D eigenvalue weighted by Gasteiger charge is -2.31. The van der Waals surface area contributed by atoms with Crippen molar-refractivity contribution in [2.24, 2.45) is 0 Å². The van der Waals surface area contributed by atoms with Crippen LogP contribution in [-0.2, 0) is 28.6 Å². The van der Waals surface area contributed by atoms with Crippen molar-refractivity contribution in [1.82, 2.24) is 0 Å². The average Bonchev–Trinajstić information content (AvgIpc) is 3.03. The van der Waals surface area contributed by atoms with Crippen LogP contribution in [0.3, 0.4) is 0 Å². The molecule has 0 aromatic rings. The lowest BCUT2D eigenvalue weighted by atomic mass is 10.1. The Balaban J connectivity index is 4.46. The second kappa shape index (κ2) is 31.6. The van der Waals surface area contributed by atoms with Gasteiger partial charge in [0, 0.05) is 19.3 Å². The number of carboxylic acids is 1. The van der Waals surface area contributed by atoms with Gasteiger partial charge in [0.25, 0.3) is 0 Å². The third-order valence-corrected chi connectivity index (χ3v) is 7.96. The number of carbonyl (C=O) groups is 3. The largest absolute Gasteiger partial charge is 0.477 e. The number of likely N-dealkylation sites (N-methyl/N-ethyl adjacent to an activating group) is 1. The number of nitrogens with zero attached hydrogens (tertiary/aromatic N) is 1. The van der Waals surface area contributed by atoms with Crippen molar-refractivity contribution >= 4 is 17.9 Å². The Labute approximate surface area is 293 Å². The number of hydrogen-bond donors (Lipinski definition) is 1. The number of unbranched alkanes of at least 4 members (excludes halogenated alkanes) is 10. The molecule has 0 aromatic carbocycles. The second-order valence-electron chi connectivity index (χ2n) is 13.5. The summed E-state index contributed by atoms with van der Waals surface area (Å²) < 4.78 is 17.0. The van der Waals surface area contributed by atoms with E-state index in [-0.39, 0.29) is 49.1 Å². The Morgan fingerprint density at radius 1 is 0.625 bits per heavy atom. The normalized spacial score (nSPS) is 13.6. The Morgan fingerprint density at radius 2 is 1.15 bits per heavy atom. The average molecular weight is 677 g/mol. The van der Waals surface area contributed by atoms with Crippen LogP contribution < -0.4 is 0 Å². The zero-order valence-electron chi connectivity index (χ0n) is 31.2. The van der Waals surface area contributed by atoms with Crippen LogP contribution in [0.5, 0.6) is 0 Å². The summed E-state index contributed by atoms with van der Waals surface area (Å²) in [6, 6.07) is -0.625. The van der Waals surface area contributed by atoms with Crippen molar-refractivity contribution < 1.29 is 38.2 Å². The first-order valence-electron chi connectivity index (χ1n) is 18.7. The Hall–Kier alpha value is -2.71. The predicted molar refractivity (Wildman–Crippen MR) is 197 cm³/mol. The van der Waals surface area contributed by atoms with Crippen LogP contribution >= 0.6 is 0 Å². The molecule has 0 rings (SSSR count). The molecule has 1 N–H and O–H groups in total. The molecule has 0 amide bonds. The molecule has 8 heteroatoms. The fourth-order valence-electron chi connectivity index (χ4n) is 5.00. The maximum atomic E-state index is 12.5. The van der Waals surface area contributed by atoms with Crippen LogP contribution in [0.15, 0.2) is 48.6 Å². The monoisotopic (exact) mass is 677 g/mol. The van der Waals surface area contributed by atoms with Crippen LogP contribution in [0, 0.1) is 0 Å². The van der Waals surface area contributed by atoms with Gasteiger partial charge in [-0.15, -0.1) is 0 Å². The summed E-state index contributed by atoms with van der Waals surface area (Å²) in [7, 11) is 5.48. The smallest absolute Gasteiger partial charge is 0.362 e. The van der Waals surface area contributed by atoms with E-state index in [1.165, 1.54) is 57.8 Å². The molecule has 0 saturated carbocycles. The second-order valence-corrected chi connectivity index (χ2v) is 13.5. The van der Waals surface area contributed by atoms with Crippen molar-refractivity contribution in [3.05, 3.63) is 48.6 Å². The number of aliphatic carboxylic acids is 1. The first-order valence-corrected chi connectivity index (χ1v) is 18.7. The molecule has 0 spiro atoms. The van der Waals surface area contributed by atoms with Crippen LogP contribution in [-0.4, -0.2) is 80.6 Å². The molecule has 2 unspecified atom stereocenters. The molecule has 0 aliphatic carbocycles. The van der Waals surface area contributed by atoms with Crippen molar-refractivity contribution in [1.29, 1.82) is 0 Å². The van der Waals surface area contributed by atoms with Gasteiger partial charge in [-0.25, -0.2) is 4.79 Å². The minimum atomic E-state index is -0.890. The van der Waals surface area contributed by atoms with Gasteiger partial charge in [-0.2, -0.15) is 0 Å². The first kappa shape index (κ1) is 45.3. The molecule has 0 aromatic heterocycles. The Kier molecular flexibility index (Phi) is 29.8. The number of rotatable bonds is 32. The molecule has 8 nitrogen and oxygen atoms in total. The van der Waals surface area contributed by atoms with E-state index in [1.54, 1.807) is 0 Å². The summed E-state index contributed by atoms with van der Waals surface area (Å²) in [6.07, 6.45) is 34.8. The fourth-order valence-corrected chi connectivity index (χ4v) is 5.00. The zero-order valence-corrected chi connectivity index (χ0v) is 31.2. The van der Waals surface area contributed by atoms with Gasteiger partial charge in [-0.05, 0) is 57.8 Å². The number of quaternary nitrogens is 1. The molecule has 0 saturated heterocycles. The molecule has 0 fully saturated rings. The lowest BCUT2D eigenvalue weighted by molar-refractivity contribution is -0.887. The molecular weight excluding hydrogens is 606 g/mol. The summed E-state index contributed by atoms with van der Waals surface area (Å²) in [5, 5.41) is 9.55. The molecule has 0 aliphatic rings. The van der Waals surface area contributed by atoms with Gasteiger partial charge in [-0.1, -0.05) is 107 Å². The lowest BCUT2D eigenvalue weighted by Crippen LogP contribution is -2.50. The highest BCUT2D eigenvalue weighted by Gasteiger charge is 2.31. The molecular formula is C40H70NO7+. The van der Waals surface area contributed by atoms with Gasteiger partial charge in [0.2, 0.25) is 0 Å². The zero-order chi connectivity index (χ0) is 35.7. The molecule has 2 atom stereocenters. The van der Waals surface area contributed by atoms with Gasteiger partial charge in [0.1, 0.15) is 6.61 Å². The third-order valence-electron chi connectivity index (χ3n) is 7.96. The van der Waals surface area contributed by atoms with Gasteiger partial charge < -0.3 is 23.8 Å². The van der Waals surface area contributed by atoms with Crippen molar-refractivity contribution in [2.45, 2.75) is 148 Å². The van der Waals surface area contributed by atoms with Crippen molar-refractivity contribution in [2.75, 3.05) is 41.0 Å². The number of carbonyl (C=O) groups excluding carboxylic acids is 2. The van der Waals surface area contributed by atoms with E-state index >= 15 is 0 Å². The van der Waals surface area contributed by atoms with Gasteiger partial charge in [0.05, 0.1) is 34.4 Å². The molecule has 0 bridgehead atoms. The highest BCUT2D eigenvalue weighted by Crippen LogP contribution is 2.11. The first-order chi connectivity index (χ1) is 23.1. The molecule has 0 heterocycles. The van der Waals surface area contributed by atoms with Crippen molar-refractivity contribution in [3.8, 4) is 0 Å². The summed E-state index contributed by atoms with van der Waals surface area (Å²) >= 11 is 0. The minimum Gasteiger partial charge on any atom is -0.477 e. The fraction of sp³-hybridized carbons (Fsp3) is 0.725. The number of allylic oxidation sites excluding steroid dienone is 8. The number of ether oxygens (including phenoxy) is 3. The molecule has 48 heavy (non-hydrogen) atoms. The quantitative estimate of drug-likeness (QED) is 0.0328. The van der Waals surface area contributed by atoms with E-state index < -0.39 is 18.1 Å². The molecule has 276 valence electrons. The highest BCUT2D eigenvalue weighted by atomic mass is 16.6. The molecule has 0 radical (unpaired) electrons. The van der Waals surface area contributed by atoms with Gasteiger partial charge in [0.15, 0.2) is 12.1 Å². The predicted octanol–water partition coefficient (Wildman–Crippen LogP) is 9.29. The van der Waals surface area contributed by atoms with E-state index in [9.17, 15) is 19.5 Å². The molecule has 0 aliphatic heterocycles. The summed E-state index contributed by atoms with van der Waals surface area (Å²) in [4.78, 5) is 36.5. The summed E-state index contributed by atoms with van der Waals surface area (Å²) in [5.41, 5.74) is 0. The third kappa shape index (κ3) is 29.4.